The highest BCUT2D eigenvalue weighted by Crippen LogP contribution is 2.20. The predicted octanol–water partition coefficient (Wildman–Crippen LogP) is 3.26. The number of nitrogens with two attached hydrogens (primary N) is 1. The quantitative estimate of drug-likeness (QED) is 0.776. The largest absolute Gasteiger partial charge is 0.485 e. The molecule has 0 unspecified atom stereocenters. The highest BCUT2D eigenvalue weighted by Gasteiger charge is 2.07. The summed E-state index contributed by atoms with van der Waals surface area (Å²) in [7, 11) is 0. The summed E-state index contributed by atoms with van der Waals surface area (Å²) in [5.41, 5.74) is 8.55. The third-order valence-electron chi connectivity index (χ3n) is 3.13. The molecule has 4 nitrogen and oxygen atoms in total. The zero-order chi connectivity index (χ0) is 13.8. The molecule has 0 bridgehead atoms. The van der Waals surface area contributed by atoms with Crippen molar-refractivity contribution in [2.75, 3.05) is 6.54 Å². The fourth-order valence-corrected chi connectivity index (χ4v) is 2.15. The van der Waals surface area contributed by atoms with Crippen LogP contribution in [-0.4, -0.2) is 15.9 Å². The molecule has 0 saturated heterocycles. The summed E-state index contributed by atoms with van der Waals surface area (Å²) in [6, 6.07) is 14.0. The Morgan fingerprint density at radius 1 is 1.05 bits per heavy atom. The van der Waals surface area contributed by atoms with E-state index in [-0.39, 0.29) is 24.8 Å². The van der Waals surface area contributed by atoms with E-state index in [0.717, 1.165) is 29.1 Å². The number of ether oxygens (including phenoxy) is 1. The van der Waals surface area contributed by atoms with Gasteiger partial charge in [0.15, 0.2) is 11.4 Å². The second-order valence-corrected chi connectivity index (χ2v) is 4.65. The van der Waals surface area contributed by atoms with E-state index in [2.05, 4.69) is 4.98 Å². The summed E-state index contributed by atoms with van der Waals surface area (Å²) >= 11 is 0. The fourth-order valence-electron chi connectivity index (χ4n) is 2.15. The van der Waals surface area contributed by atoms with Crippen molar-refractivity contribution >= 4 is 30.5 Å². The second-order valence-electron chi connectivity index (χ2n) is 4.65. The zero-order valence-corrected chi connectivity index (χ0v) is 13.6. The average Bonchev–Trinajstić information content (AvgIpc) is 2.89. The van der Waals surface area contributed by atoms with E-state index in [0.29, 0.717) is 13.2 Å². The van der Waals surface area contributed by atoms with Crippen LogP contribution in [0.15, 0.2) is 54.9 Å². The number of fused-ring (bicyclic) bond motifs is 1. The Labute approximate surface area is 142 Å². The molecule has 0 aliphatic carbocycles. The Bertz CT molecular complexity index is 701. The first-order valence-corrected chi connectivity index (χ1v) is 6.70. The van der Waals surface area contributed by atoms with Gasteiger partial charge in [0.2, 0.25) is 0 Å². The van der Waals surface area contributed by atoms with Crippen molar-refractivity contribution in [3.05, 3.63) is 66.1 Å². The molecular weight excluding hydrogens is 321 g/mol. The SMILES string of the molecule is Cl.Cl.NCCc1cn2cccc(OCc3ccccc3)c2n1. The van der Waals surface area contributed by atoms with Gasteiger partial charge in [0, 0.05) is 18.8 Å². The summed E-state index contributed by atoms with van der Waals surface area (Å²) in [4.78, 5) is 4.57. The van der Waals surface area contributed by atoms with Gasteiger partial charge in [-0.3, -0.25) is 0 Å². The highest BCUT2D eigenvalue weighted by molar-refractivity contribution is 5.85. The van der Waals surface area contributed by atoms with Gasteiger partial charge in [-0.2, -0.15) is 0 Å². The lowest BCUT2D eigenvalue weighted by atomic mass is 10.2. The molecule has 0 aliphatic heterocycles. The average molecular weight is 340 g/mol. The Morgan fingerprint density at radius 3 is 2.55 bits per heavy atom. The van der Waals surface area contributed by atoms with Gasteiger partial charge in [-0.05, 0) is 24.2 Å². The van der Waals surface area contributed by atoms with E-state index >= 15 is 0 Å². The van der Waals surface area contributed by atoms with E-state index in [9.17, 15) is 0 Å². The van der Waals surface area contributed by atoms with Crippen LogP contribution in [0.4, 0.5) is 0 Å². The summed E-state index contributed by atoms with van der Waals surface area (Å²) in [5, 5.41) is 0. The number of imidazole rings is 1. The van der Waals surface area contributed by atoms with Crippen LogP contribution in [0.3, 0.4) is 0 Å². The molecule has 118 valence electrons. The lowest BCUT2D eigenvalue weighted by Gasteiger charge is -2.07. The van der Waals surface area contributed by atoms with Crippen molar-refractivity contribution in [3.63, 3.8) is 0 Å². The van der Waals surface area contributed by atoms with Gasteiger partial charge >= 0.3 is 0 Å². The van der Waals surface area contributed by atoms with Crippen LogP contribution in [0.1, 0.15) is 11.3 Å². The molecule has 2 aromatic heterocycles. The fraction of sp³-hybridized carbons (Fsp3) is 0.188. The molecule has 0 atom stereocenters. The molecule has 3 aromatic rings. The molecule has 0 amide bonds. The first-order chi connectivity index (χ1) is 9.86. The second kappa shape index (κ2) is 8.63. The van der Waals surface area contributed by atoms with Gasteiger partial charge in [-0.15, -0.1) is 24.8 Å². The maximum atomic E-state index is 5.88. The molecule has 0 fully saturated rings. The highest BCUT2D eigenvalue weighted by atomic mass is 35.5. The smallest absolute Gasteiger partial charge is 0.179 e. The summed E-state index contributed by atoms with van der Waals surface area (Å²) in [6.45, 7) is 1.14. The summed E-state index contributed by atoms with van der Waals surface area (Å²) < 4.78 is 7.86. The number of rotatable bonds is 5. The molecule has 1 aromatic carbocycles. The number of benzene rings is 1. The van der Waals surface area contributed by atoms with Crippen LogP contribution >= 0.6 is 24.8 Å². The first-order valence-electron chi connectivity index (χ1n) is 6.70. The van der Waals surface area contributed by atoms with Crippen molar-refractivity contribution in [2.24, 2.45) is 5.73 Å². The van der Waals surface area contributed by atoms with Crippen molar-refractivity contribution in [1.82, 2.24) is 9.38 Å². The lowest BCUT2D eigenvalue weighted by molar-refractivity contribution is 0.308. The summed E-state index contributed by atoms with van der Waals surface area (Å²) in [6.07, 6.45) is 4.75. The van der Waals surface area contributed by atoms with Crippen molar-refractivity contribution < 1.29 is 4.74 Å². The van der Waals surface area contributed by atoms with Crippen LogP contribution < -0.4 is 10.5 Å². The molecule has 0 spiro atoms. The number of hydrogen-bond acceptors (Lipinski definition) is 3. The van der Waals surface area contributed by atoms with Crippen LogP contribution in [0.2, 0.25) is 0 Å². The Kier molecular flexibility index (Phi) is 7.18. The normalized spacial score (nSPS) is 9.86. The Hall–Kier alpha value is -1.75. The van der Waals surface area contributed by atoms with Crippen molar-refractivity contribution in [2.45, 2.75) is 13.0 Å². The number of pyridine rings is 1. The van der Waals surface area contributed by atoms with Crippen LogP contribution in [0.25, 0.3) is 5.65 Å². The third-order valence-corrected chi connectivity index (χ3v) is 3.13. The van der Waals surface area contributed by atoms with Crippen molar-refractivity contribution in [1.29, 1.82) is 0 Å². The van der Waals surface area contributed by atoms with Crippen LogP contribution in [0, 0.1) is 0 Å². The molecule has 2 heterocycles. The van der Waals surface area contributed by atoms with Gasteiger partial charge in [0.25, 0.3) is 0 Å². The van der Waals surface area contributed by atoms with Gasteiger partial charge in [-0.1, -0.05) is 30.3 Å². The van der Waals surface area contributed by atoms with E-state index in [1.54, 1.807) is 0 Å². The summed E-state index contributed by atoms with van der Waals surface area (Å²) in [5.74, 6) is 0.791. The topological polar surface area (TPSA) is 52.5 Å². The zero-order valence-electron chi connectivity index (χ0n) is 12.0. The standard InChI is InChI=1S/C16H17N3O.2ClH/c17-9-8-14-11-19-10-4-7-15(16(19)18-14)20-12-13-5-2-1-3-6-13;;/h1-7,10-11H,8-9,12,17H2;2*1H. The number of nitrogens with zero attached hydrogens (tertiary/aromatic N) is 2. The predicted molar refractivity (Wildman–Crippen MR) is 93.2 cm³/mol. The molecular formula is C16H19Cl2N3O. The minimum atomic E-state index is 0. The van der Waals surface area contributed by atoms with Crippen LogP contribution in [-0.2, 0) is 13.0 Å². The number of aromatic nitrogens is 2. The number of hydrogen-bond donors (Lipinski definition) is 1. The molecule has 0 saturated carbocycles. The molecule has 2 N–H and O–H groups in total. The van der Waals surface area contributed by atoms with Crippen LogP contribution in [0.5, 0.6) is 5.75 Å². The minimum Gasteiger partial charge on any atom is -0.485 e. The molecule has 0 aliphatic rings. The minimum absolute atomic E-state index is 0. The maximum Gasteiger partial charge on any atom is 0.179 e. The van der Waals surface area contributed by atoms with Gasteiger partial charge in [-0.25, -0.2) is 4.98 Å². The van der Waals surface area contributed by atoms with E-state index in [4.69, 9.17) is 10.5 Å². The number of halogens is 2. The first kappa shape index (κ1) is 18.3. The van der Waals surface area contributed by atoms with Crippen molar-refractivity contribution in [3.8, 4) is 5.75 Å². The molecule has 0 radical (unpaired) electrons. The van der Waals surface area contributed by atoms with E-state index in [1.165, 1.54) is 0 Å². The molecule has 6 heteroatoms. The van der Waals surface area contributed by atoms with E-state index in [1.807, 2.05) is 59.3 Å². The lowest BCUT2D eigenvalue weighted by Crippen LogP contribution is -2.02. The Morgan fingerprint density at radius 2 is 1.82 bits per heavy atom. The third kappa shape index (κ3) is 4.13. The maximum absolute atomic E-state index is 5.88. The van der Waals surface area contributed by atoms with Gasteiger partial charge in [0.1, 0.15) is 6.61 Å². The molecule has 22 heavy (non-hydrogen) atoms. The van der Waals surface area contributed by atoms with Gasteiger partial charge < -0.3 is 14.9 Å². The molecule has 3 rings (SSSR count). The Balaban J connectivity index is 0.00000121. The monoisotopic (exact) mass is 339 g/mol. The van der Waals surface area contributed by atoms with E-state index < -0.39 is 0 Å². The van der Waals surface area contributed by atoms with Gasteiger partial charge in [0.05, 0.1) is 5.69 Å².